The Bertz CT molecular complexity index is 740. The Labute approximate surface area is 134 Å². The zero-order valence-corrected chi connectivity index (χ0v) is 13.2. The molecule has 0 saturated carbocycles. The van der Waals surface area contributed by atoms with Crippen molar-refractivity contribution in [2.45, 2.75) is 6.42 Å². The molecule has 3 rings (SSSR count). The first kappa shape index (κ1) is 14.9. The van der Waals surface area contributed by atoms with Crippen molar-refractivity contribution >= 4 is 29.0 Å². The molecule has 0 unspecified atom stereocenters. The minimum absolute atomic E-state index is 0.0711. The summed E-state index contributed by atoms with van der Waals surface area (Å²) in [5.41, 5.74) is 2.76. The molecule has 2 aromatic carbocycles. The van der Waals surface area contributed by atoms with Crippen LogP contribution in [-0.4, -0.2) is 30.1 Å². The van der Waals surface area contributed by atoms with E-state index >= 15 is 0 Å². The summed E-state index contributed by atoms with van der Waals surface area (Å²) < 4.78 is 0. The lowest BCUT2D eigenvalue weighted by Crippen LogP contribution is -2.22. The molecule has 0 bridgehead atoms. The summed E-state index contributed by atoms with van der Waals surface area (Å²) in [5, 5.41) is 3.30. The number of anilines is 1. The van der Waals surface area contributed by atoms with Gasteiger partial charge in [-0.15, -0.1) is 0 Å². The van der Waals surface area contributed by atoms with Gasteiger partial charge in [-0.05, 0) is 24.5 Å². The van der Waals surface area contributed by atoms with Gasteiger partial charge in [0.2, 0.25) is 0 Å². The molecule has 1 N–H and O–H groups in total. The largest absolute Gasteiger partial charge is 0.384 e. The third-order valence-electron chi connectivity index (χ3n) is 3.79. The summed E-state index contributed by atoms with van der Waals surface area (Å²) in [6, 6.07) is 12.5. The van der Waals surface area contributed by atoms with Gasteiger partial charge < -0.3 is 5.32 Å². The van der Waals surface area contributed by atoms with Crippen molar-refractivity contribution < 1.29 is 9.59 Å². The number of thioether (sulfide) groups is 1. The highest BCUT2D eigenvalue weighted by atomic mass is 32.2. The molecular formula is C18H17NO2S. The lowest BCUT2D eigenvalue weighted by molar-refractivity contribution is 0.0979. The molecule has 1 aliphatic rings. The van der Waals surface area contributed by atoms with E-state index in [9.17, 15) is 9.59 Å². The van der Waals surface area contributed by atoms with Crippen LogP contribution in [-0.2, 0) is 0 Å². The van der Waals surface area contributed by atoms with Crippen molar-refractivity contribution in [3.63, 3.8) is 0 Å². The zero-order valence-electron chi connectivity index (χ0n) is 12.4. The Morgan fingerprint density at radius 3 is 2.32 bits per heavy atom. The number of rotatable bonds is 5. The zero-order chi connectivity index (χ0) is 15.5. The molecule has 0 amide bonds. The van der Waals surface area contributed by atoms with Crippen LogP contribution in [0.25, 0.3) is 0 Å². The highest BCUT2D eigenvalue weighted by Crippen LogP contribution is 2.31. The maximum atomic E-state index is 12.8. The SMILES string of the molecule is CSCCCNc1cccc2c1C(=O)c1ccccc1C2=O. The summed E-state index contributed by atoms with van der Waals surface area (Å²) in [7, 11) is 0. The van der Waals surface area contributed by atoms with E-state index in [2.05, 4.69) is 11.6 Å². The monoisotopic (exact) mass is 311 g/mol. The second-order valence-corrected chi connectivity index (χ2v) is 6.19. The molecule has 0 aliphatic heterocycles. The van der Waals surface area contributed by atoms with E-state index in [0.29, 0.717) is 22.3 Å². The van der Waals surface area contributed by atoms with Gasteiger partial charge in [-0.25, -0.2) is 0 Å². The second-order valence-electron chi connectivity index (χ2n) is 5.21. The Morgan fingerprint density at radius 2 is 1.59 bits per heavy atom. The van der Waals surface area contributed by atoms with E-state index in [0.717, 1.165) is 24.4 Å². The van der Waals surface area contributed by atoms with Gasteiger partial charge in [-0.1, -0.05) is 36.4 Å². The fraction of sp³-hybridized carbons (Fsp3) is 0.222. The Hall–Kier alpha value is -2.07. The standard InChI is InChI=1S/C18H17NO2S/c1-22-11-5-10-19-15-9-4-8-14-16(15)18(21)13-7-3-2-6-12(13)17(14)20/h2-4,6-9,19H,5,10-11H2,1H3. The third-order valence-corrected chi connectivity index (χ3v) is 4.49. The van der Waals surface area contributed by atoms with Crippen molar-refractivity contribution in [1.82, 2.24) is 0 Å². The van der Waals surface area contributed by atoms with Gasteiger partial charge in [0, 0.05) is 28.9 Å². The maximum absolute atomic E-state index is 12.8. The molecule has 0 aromatic heterocycles. The van der Waals surface area contributed by atoms with Gasteiger partial charge in [0.15, 0.2) is 11.6 Å². The molecule has 0 heterocycles. The quantitative estimate of drug-likeness (QED) is 0.731. The normalized spacial score (nSPS) is 12.8. The van der Waals surface area contributed by atoms with Crippen molar-refractivity contribution in [2.75, 3.05) is 23.9 Å². The number of ketones is 2. The molecule has 0 saturated heterocycles. The van der Waals surface area contributed by atoms with Crippen molar-refractivity contribution in [3.8, 4) is 0 Å². The number of hydrogen-bond acceptors (Lipinski definition) is 4. The predicted octanol–water partition coefficient (Wildman–Crippen LogP) is 3.63. The fourth-order valence-corrected chi connectivity index (χ4v) is 3.16. The average Bonchev–Trinajstić information content (AvgIpc) is 2.56. The Kier molecular flexibility index (Phi) is 4.29. The van der Waals surface area contributed by atoms with Gasteiger partial charge in [0.05, 0.1) is 5.56 Å². The van der Waals surface area contributed by atoms with E-state index in [1.165, 1.54) is 0 Å². The van der Waals surface area contributed by atoms with Crippen molar-refractivity contribution in [1.29, 1.82) is 0 Å². The number of nitrogens with one attached hydrogen (secondary N) is 1. The molecule has 3 nitrogen and oxygen atoms in total. The number of fused-ring (bicyclic) bond motifs is 2. The maximum Gasteiger partial charge on any atom is 0.196 e. The summed E-state index contributed by atoms with van der Waals surface area (Å²) in [5.74, 6) is 0.925. The summed E-state index contributed by atoms with van der Waals surface area (Å²) in [4.78, 5) is 25.4. The first-order valence-electron chi connectivity index (χ1n) is 7.28. The molecule has 0 atom stereocenters. The Balaban J connectivity index is 1.98. The molecule has 22 heavy (non-hydrogen) atoms. The van der Waals surface area contributed by atoms with Crippen molar-refractivity contribution in [3.05, 3.63) is 64.7 Å². The van der Waals surface area contributed by atoms with Crippen LogP contribution in [0.5, 0.6) is 0 Å². The summed E-state index contributed by atoms with van der Waals surface area (Å²) in [6.07, 6.45) is 3.09. The number of hydrogen-bond donors (Lipinski definition) is 1. The number of carbonyl (C=O) groups is 2. The highest BCUT2D eigenvalue weighted by Gasteiger charge is 2.31. The van der Waals surface area contributed by atoms with Crippen LogP contribution >= 0.6 is 11.8 Å². The number of benzene rings is 2. The minimum atomic E-state index is -0.0713. The predicted molar refractivity (Wildman–Crippen MR) is 91.2 cm³/mol. The van der Waals surface area contributed by atoms with Crippen LogP contribution in [0.2, 0.25) is 0 Å². The smallest absolute Gasteiger partial charge is 0.196 e. The van der Waals surface area contributed by atoms with Gasteiger partial charge in [0.25, 0.3) is 0 Å². The molecule has 1 aliphatic carbocycles. The van der Waals surface area contributed by atoms with Gasteiger partial charge in [-0.3, -0.25) is 9.59 Å². The molecule has 0 radical (unpaired) electrons. The van der Waals surface area contributed by atoms with E-state index in [1.807, 2.05) is 12.1 Å². The summed E-state index contributed by atoms with van der Waals surface area (Å²) in [6.45, 7) is 0.792. The second kappa shape index (κ2) is 6.36. The van der Waals surface area contributed by atoms with Crippen LogP contribution in [0.4, 0.5) is 5.69 Å². The van der Waals surface area contributed by atoms with Crippen LogP contribution in [0.1, 0.15) is 38.3 Å². The molecular weight excluding hydrogens is 294 g/mol. The van der Waals surface area contributed by atoms with E-state index in [1.54, 1.807) is 42.1 Å². The van der Waals surface area contributed by atoms with E-state index in [4.69, 9.17) is 0 Å². The fourth-order valence-electron chi connectivity index (χ4n) is 2.73. The first-order valence-corrected chi connectivity index (χ1v) is 8.67. The average molecular weight is 311 g/mol. The first-order chi connectivity index (χ1) is 10.7. The highest BCUT2D eigenvalue weighted by molar-refractivity contribution is 7.98. The van der Waals surface area contributed by atoms with Gasteiger partial charge >= 0.3 is 0 Å². The van der Waals surface area contributed by atoms with Gasteiger partial charge in [0.1, 0.15) is 0 Å². The molecule has 0 fully saturated rings. The Morgan fingerprint density at radius 1 is 0.909 bits per heavy atom. The molecule has 4 heteroatoms. The lowest BCUT2D eigenvalue weighted by Gasteiger charge is -2.20. The topological polar surface area (TPSA) is 46.2 Å². The van der Waals surface area contributed by atoms with Crippen molar-refractivity contribution in [2.24, 2.45) is 0 Å². The summed E-state index contributed by atoms with van der Waals surface area (Å²) >= 11 is 1.80. The van der Waals surface area contributed by atoms with Crippen LogP contribution < -0.4 is 5.32 Å². The van der Waals surface area contributed by atoms with Gasteiger partial charge in [-0.2, -0.15) is 11.8 Å². The number of carbonyl (C=O) groups excluding carboxylic acids is 2. The molecule has 2 aromatic rings. The third kappa shape index (κ3) is 2.55. The molecule has 112 valence electrons. The van der Waals surface area contributed by atoms with E-state index in [-0.39, 0.29) is 11.6 Å². The molecule has 0 spiro atoms. The van der Waals surface area contributed by atoms with Crippen LogP contribution in [0, 0.1) is 0 Å². The van der Waals surface area contributed by atoms with E-state index < -0.39 is 0 Å². The minimum Gasteiger partial charge on any atom is -0.384 e. The van der Waals surface area contributed by atoms with Crippen LogP contribution in [0.15, 0.2) is 42.5 Å². The lowest BCUT2D eigenvalue weighted by atomic mass is 9.83. The van der Waals surface area contributed by atoms with Crippen LogP contribution in [0.3, 0.4) is 0 Å².